The van der Waals surface area contributed by atoms with Crippen molar-refractivity contribution in [3.05, 3.63) is 35.4 Å². The highest BCUT2D eigenvalue weighted by atomic mass is 32.2. The standard InChI is InChI=1S/C10H11F2NO2S/c1-16(14,15)10-8(11)5-4-7(9(10)12)3-2-6-13/h2-5H,6,13H2,1H3/b3-2+. The lowest BCUT2D eigenvalue weighted by molar-refractivity contribution is 0.520. The summed E-state index contributed by atoms with van der Waals surface area (Å²) in [4.78, 5) is -0.910. The van der Waals surface area contributed by atoms with Crippen molar-refractivity contribution in [2.45, 2.75) is 4.90 Å². The van der Waals surface area contributed by atoms with E-state index in [4.69, 9.17) is 5.73 Å². The Kier molecular flexibility index (Phi) is 3.77. The van der Waals surface area contributed by atoms with Crippen LogP contribution in [-0.2, 0) is 9.84 Å². The van der Waals surface area contributed by atoms with Crippen molar-refractivity contribution >= 4 is 15.9 Å². The maximum atomic E-state index is 13.6. The molecule has 16 heavy (non-hydrogen) atoms. The Morgan fingerprint density at radius 3 is 2.50 bits per heavy atom. The van der Waals surface area contributed by atoms with Crippen molar-refractivity contribution in [3.8, 4) is 0 Å². The van der Waals surface area contributed by atoms with E-state index in [1.807, 2.05) is 0 Å². The third kappa shape index (κ3) is 2.65. The highest BCUT2D eigenvalue weighted by Gasteiger charge is 2.21. The lowest BCUT2D eigenvalue weighted by atomic mass is 10.2. The number of hydrogen-bond donors (Lipinski definition) is 1. The predicted molar refractivity (Wildman–Crippen MR) is 57.6 cm³/mol. The second kappa shape index (κ2) is 4.71. The number of sulfone groups is 1. The highest BCUT2D eigenvalue weighted by molar-refractivity contribution is 7.90. The topological polar surface area (TPSA) is 60.2 Å². The molecule has 1 rings (SSSR count). The largest absolute Gasteiger partial charge is 0.327 e. The van der Waals surface area contributed by atoms with Crippen LogP contribution in [0.25, 0.3) is 6.08 Å². The van der Waals surface area contributed by atoms with Crippen molar-refractivity contribution in [2.24, 2.45) is 5.73 Å². The first-order valence-corrected chi connectivity index (χ1v) is 6.31. The van der Waals surface area contributed by atoms with Crippen LogP contribution in [-0.4, -0.2) is 21.2 Å². The normalized spacial score (nSPS) is 12.2. The van der Waals surface area contributed by atoms with E-state index in [0.29, 0.717) is 0 Å². The average molecular weight is 247 g/mol. The van der Waals surface area contributed by atoms with Crippen LogP contribution in [0.1, 0.15) is 5.56 Å². The molecule has 0 heterocycles. The molecule has 0 saturated heterocycles. The van der Waals surface area contributed by atoms with Gasteiger partial charge in [0, 0.05) is 18.4 Å². The molecule has 3 nitrogen and oxygen atoms in total. The van der Waals surface area contributed by atoms with E-state index in [0.717, 1.165) is 18.4 Å². The Labute approximate surface area is 92.5 Å². The van der Waals surface area contributed by atoms with Gasteiger partial charge in [-0.05, 0) is 12.1 Å². The van der Waals surface area contributed by atoms with Crippen molar-refractivity contribution in [3.63, 3.8) is 0 Å². The smallest absolute Gasteiger partial charge is 0.181 e. The van der Waals surface area contributed by atoms with Gasteiger partial charge in [0.2, 0.25) is 0 Å². The van der Waals surface area contributed by atoms with Gasteiger partial charge in [0.1, 0.15) is 10.7 Å². The van der Waals surface area contributed by atoms with E-state index in [2.05, 4.69) is 0 Å². The molecule has 6 heteroatoms. The molecule has 0 bridgehead atoms. The van der Waals surface area contributed by atoms with Crippen molar-refractivity contribution in [2.75, 3.05) is 12.8 Å². The van der Waals surface area contributed by atoms with Crippen molar-refractivity contribution in [1.29, 1.82) is 0 Å². The van der Waals surface area contributed by atoms with Gasteiger partial charge in [-0.2, -0.15) is 0 Å². The van der Waals surface area contributed by atoms with Gasteiger partial charge in [-0.3, -0.25) is 0 Å². The van der Waals surface area contributed by atoms with Crippen molar-refractivity contribution < 1.29 is 17.2 Å². The summed E-state index contributed by atoms with van der Waals surface area (Å²) in [6.45, 7) is 0.186. The summed E-state index contributed by atoms with van der Waals surface area (Å²) in [5, 5.41) is 0. The average Bonchev–Trinajstić information content (AvgIpc) is 2.14. The lowest BCUT2D eigenvalue weighted by Crippen LogP contribution is -2.06. The van der Waals surface area contributed by atoms with E-state index in [9.17, 15) is 17.2 Å². The number of hydrogen-bond acceptors (Lipinski definition) is 3. The number of benzene rings is 1. The zero-order chi connectivity index (χ0) is 12.3. The SMILES string of the molecule is CS(=O)(=O)c1c(F)ccc(/C=C/CN)c1F. The van der Waals surface area contributed by atoms with Gasteiger partial charge in [0.25, 0.3) is 0 Å². The van der Waals surface area contributed by atoms with Gasteiger partial charge in [0.15, 0.2) is 15.7 Å². The third-order valence-electron chi connectivity index (χ3n) is 1.88. The number of halogens is 2. The van der Waals surface area contributed by atoms with E-state index < -0.39 is 26.4 Å². The van der Waals surface area contributed by atoms with E-state index in [-0.39, 0.29) is 12.1 Å². The van der Waals surface area contributed by atoms with Crippen molar-refractivity contribution in [1.82, 2.24) is 0 Å². The van der Waals surface area contributed by atoms with Gasteiger partial charge in [-0.15, -0.1) is 0 Å². The van der Waals surface area contributed by atoms with Crippen LogP contribution in [0.15, 0.2) is 23.1 Å². The molecule has 1 aromatic rings. The highest BCUT2D eigenvalue weighted by Crippen LogP contribution is 2.22. The van der Waals surface area contributed by atoms with Gasteiger partial charge in [0.05, 0.1) is 0 Å². The minimum Gasteiger partial charge on any atom is -0.327 e. The summed E-state index contributed by atoms with van der Waals surface area (Å²) in [5.74, 6) is -2.18. The summed E-state index contributed by atoms with van der Waals surface area (Å²) < 4.78 is 49.2. The molecule has 0 fully saturated rings. The van der Waals surface area contributed by atoms with E-state index >= 15 is 0 Å². The van der Waals surface area contributed by atoms with Crippen LogP contribution >= 0.6 is 0 Å². The summed E-state index contributed by atoms with van der Waals surface area (Å²) in [6, 6.07) is 2.07. The molecular formula is C10H11F2NO2S. The number of nitrogens with two attached hydrogens (primary N) is 1. The minimum absolute atomic E-state index is 0.00715. The first kappa shape index (κ1) is 12.8. The molecule has 1 aromatic carbocycles. The molecule has 0 aliphatic heterocycles. The zero-order valence-electron chi connectivity index (χ0n) is 8.57. The first-order valence-electron chi connectivity index (χ1n) is 4.42. The fourth-order valence-corrected chi connectivity index (χ4v) is 2.08. The lowest BCUT2D eigenvalue weighted by Gasteiger charge is -2.05. The fraction of sp³-hybridized carbons (Fsp3) is 0.200. The van der Waals surface area contributed by atoms with Gasteiger partial charge < -0.3 is 5.73 Å². The van der Waals surface area contributed by atoms with Gasteiger partial charge >= 0.3 is 0 Å². The Hall–Kier alpha value is -1.27. The quantitative estimate of drug-likeness (QED) is 0.876. The zero-order valence-corrected chi connectivity index (χ0v) is 9.39. The molecule has 0 aromatic heterocycles. The molecule has 0 amide bonds. The summed E-state index contributed by atoms with van der Waals surface area (Å²) in [6.07, 6.45) is 3.51. The first-order chi connectivity index (χ1) is 7.38. The Balaban J connectivity index is 3.45. The van der Waals surface area contributed by atoms with Crippen LogP contribution in [0, 0.1) is 11.6 Å². The Morgan fingerprint density at radius 1 is 1.38 bits per heavy atom. The maximum absolute atomic E-state index is 13.6. The minimum atomic E-state index is -3.93. The Morgan fingerprint density at radius 2 is 2.00 bits per heavy atom. The molecule has 0 saturated carbocycles. The number of rotatable bonds is 3. The van der Waals surface area contributed by atoms with Crippen LogP contribution in [0.4, 0.5) is 8.78 Å². The molecule has 0 radical (unpaired) electrons. The molecule has 2 N–H and O–H groups in total. The second-order valence-electron chi connectivity index (χ2n) is 3.19. The summed E-state index contributed by atoms with van der Waals surface area (Å²) in [7, 11) is -3.93. The molecule has 0 aliphatic carbocycles. The molecule has 0 atom stereocenters. The third-order valence-corrected chi connectivity index (χ3v) is 3.00. The molecule has 0 spiro atoms. The molecular weight excluding hydrogens is 236 g/mol. The van der Waals surface area contributed by atoms with E-state index in [1.54, 1.807) is 0 Å². The Bertz CT molecular complexity index is 524. The van der Waals surface area contributed by atoms with Crippen LogP contribution in [0.5, 0.6) is 0 Å². The van der Waals surface area contributed by atoms with Crippen LogP contribution < -0.4 is 5.73 Å². The van der Waals surface area contributed by atoms with Gasteiger partial charge in [-0.1, -0.05) is 12.2 Å². The summed E-state index contributed by atoms with van der Waals surface area (Å²) >= 11 is 0. The fourth-order valence-electron chi connectivity index (χ4n) is 1.21. The molecule has 88 valence electrons. The maximum Gasteiger partial charge on any atom is 0.181 e. The molecule has 0 aliphatic rings. The van der Waals surface area contributed by atoms with Gasteiger partial charge in [-0.25, -0.2) is 17.2 Å². The van der Waals surface area contributed by atoms with Crippen LogP contribution in [0.3, 0.4) is 0 Å². The van der Waals surface area contributed by atoms with E-state index in [1.165, 1.54) is 12.2 Å². The molecule has 0 unspecified atom stereocenters. The van der Waals surface area contributed by atoms with Crippen LogP contribution in [0.2, 0.25) is 0 Å². The second-order valence-corrected chi connectivity index (χ2v) is 5.14. The summed E-state index contributed by atoms with van der Waals surface area (Å²) in [5.41, 5.74) is 5.17. The predicted octanol–water partition coefficient (Wildman–Crippen LogP) is 1.34. The monoisotopic (exact) mass is 247 g/mol.